The summed E-state index contributed by atoms with van der Waals surface area (Å²) < 4.78 is 4.15. The minimum absolute atomic E-state index is 0.0675. The molecule has 1 aliphatic heterocycles. The van der Waals surface area contributed by atoms with Crippen molar-refractivity contribution in [2.45, 2.75) is 32.4 Å². The maximum absolute atomic E-state index is 13.5. The fourth-order valence-electron chi connectivity index (χ4n) is 4.81. The molecule has 1 fully saturated rings. The first-order valence-corrected chi connectivity index (χ1v) is 11.4. The van der Waals surface area contributed by atoms with Gasteiger partial charge in [-0.15, -0.1) is 0 Å². The number of fused-ring (bicyclic) bond motifs is 2. The van der Waals surface area contributed by atoms with Gasteiger partial charge in [0.15, 0.2) is 11.2 Å². The number of carboxylic acid groups (broad SMARTS) is 1. The Morgan fingerprint density at radius 3 is 2.69 bits per heavy atom. The molecule has 0 aliphatic carbocycles. The van der Waals surface area contributed by atoms with Crippen LogP contribution in [0.5, 0.6) is 0 Å². The molecule has 4 aromatic rings. The van der Waals surface area contributed by atoms with Crippen LogP contribution in [0.4, 0.5) is 10.7 Å². The molecule has 1 amide bonds. The van der Waals surface area contributed by atoms with Gasteiger partial charge in [0, 0.05) is 44.3 Å². The Hall–Kier alpha value is -4.22. The zero-order valence-corrected chi connectivity index (χ0v) is 19.7. The van der Waals surface area contributed by atoms with Gasteiger partial charge < -0.3 is 19.9 Å². The van der Waals surface area contributed by atoms with E-state index in [-0.39, 0.29) is 23.8 Å². The van der Waals surface area contributed by atoms with E-state index in [2.05, 4.69) is 20.3 Å². The van der Waals surface area contributed by atoms with E-state index < -0.39 is 17.3 Å². The third-order valence-corrected chi connectivity index (χ3v) is 6.51. The zero-order valence-electron chi connectivity index (χ0n) is 19.7. The molecule has 1 atom stereocenters. The van der Waals surface area contributed by atoms with Gasteiger partial charge >= 0.3 is 11.8 Å². The molecule has 2 N–H and O–H groups in total. The summed E-state index contributed by atoms with van der Waals surface area (Å²) in [5, 5.41) is 12.5. The van der Waals surface area contributed by atoms with Gasteiger partial charge in [-0.25, -0.2) is 19.6 Å². The number of nitrogens with zero attached hydrogens (tertiary/aromatic N) is 7. The molecule has 3 aromatic heterocycles. The molecule has 0 saturated carbocycles. The highest BCUT2D eigenvalue weighted by Crippen LogP contribution is 2.22. The first-order chi connectivity index (χ1) is 16.7. The van der Waals surface area contributed by atoms with Crippen molar-refractivity contribution in [3.63, 3.8) is 0 Å². The molecular weight excluding hydrogens is 452 g/mol. The topological polar surface area (TPSA) is 140 Å². The second-order valence-electron chi connectivity index (χ2n) is 8.85. The summed E-state index contributed by atoms with van der Waals surface area (Å²) in [6.45, 7) is 2.90. The van der Waals surface area contributed by atoms with Crippen LogP contribution < -0.4 is 21.5 Å². The Morgan fingerprint density at radius 1 is 1.14 bits per heavy atom. The Morgan fingerprint density at radius 2 is 1.91 bits per heavy atom. The summed E-state index contributed by atoms with van der Waals surface area (Å²) >= 11 is 0. The summed E-state index contributed by atoms with van der Waals surface area (Å²) in [5.41, 5.74) is 1.10. The van der Waals surface area contributed by atoms with E-state index >= 15 is 0 Å². The lowest BCUT2D eigenvalue weighted by Gasteiger charge is -2.33. The summed E-state index contributed by atoms with van der Waals surface area (Å²) in [5.74, 6) is 0.889. The monoisotopic (exact) mass is 478 g/mol. The van der Waals surface area contributed by atoms with Crippen molar-refractivity contribution >= 4 is 34.1 Å². The molecule has 182 valence electrons. The number of amides is 1. The van der Waals surface area contributed by atoms with Crippen LogP contribution in [-0.2, 0) is 20.6 Å². The molecule has 1 aliphatic rings. The molecule has 0 unspecified atom stereocenters. The van der Waals surface area contributed by atoms with Crippen LogP contribution in [0.3, 0.4) is 0 Å². The molecule has 1 saturated heterocycles. The molecular formula is C23H26N8O4. The molecule has 12 heteroatoms. The number of nitrogens with one attached hydrogen (secondary N) is 1. The third-order valence-electron chi connectivity index (χ3n) is 6.51. The Balaban J connectivity index is 1.57. The number of para-hydroxylation sites is 1. The quantitative estimate of drug-likeness (QED) is 0.442. The van der Waals surface area contributed by atoms with Gasteiger partial charge in [-0.1, -0.05) is 18.2 Å². The number of benzene rings is 1. The second kappa shape index (κ2) is 8.53. The van der Waals surface area contributed by atoms with Crippen LogP contribution in [0.2, 0.25) is 0 Å². The lowest BCUT2D eigenvalue weighted by atomic mass is 10.1. The largest absolute Gasteiger partial charge is 0.465 e. The number of hydrogen-bond donors (Lipinski definition) is 2. The number of aryl methyl sites for hydroxylation is 3. The highest BCUT2D eigenvalue weighted by atomic mass is 16.4. The predicted octanol–water partition coefficient (Wildman–Crippen LogP) is 0.970. The molecule has 35 heavy (non-hydrogen) atoms. The minimum atomic E-state index is -1.07. The van der Waals surface area contributed by atoms with E-state index in [1.54, 1.807) is 18.7 Å². The van der Waals surface area contributed by atoms with Crippen molar-refractivity contribution in [3.05, 3.63) is 56.6 Å². The van der Waals surface area contributed by atoms with Gasteiger partial charge in [-0.2, -0.15) is 4.98 Å². The number of hydrogen-bond acceptors (Lipinski definition) is 7. The van der Waals surface area contributed by atoms with E-state index in [0.717, 1.165) is 34.0 Å². The normalized spacial score (nSPS) is 16.2. The molecule has 0 bridgehead atoms. The number of rotatable bonds is 4. The molecule has 5 rings (SSSR count). The average molecular weight is 479 g/mol. The standard InChI is InChI=1S/C23H26N8O4/c1-13-15-8-4-5-9-16(15)26-17(24-13)12-31-20(32)18-19(29(3)23(31)35)27-21(28(18)2)30-10-6-7-14(11-30)25-22(33)34/h4-5,8-9,14,25H,6-7,10-12H2,1-3H3,(H,33,34)/t14-/m1/s1. The summed E-state index contributed by atoms with van der Waals surface area (Å²) in [4.78, 5) is 53.4. The average Bonchev–Trinajstić information content (AvgIpc) is 3.17. The summed E-state index contributed by atoms with van der Waals surface area (Å²) in [6, 6.07) is 7.35. The minimum Gasteiger partial charge on any atom is -0.465 e. The molecule has 4 heterocycles. The predicted molar refractivity (Wildman–Crippen MR) is 130 cm³/mol. The molecule has 1 aromatic carbocycles. The lowest BCUT2D eigenvalue weighted by molar-refractivity contribution is 0.188. The smallest absolute Gasteiger partial charge is 0.404 e. The second-order valence-corrected chi connectivity index (χ2v) is 8.85. The van der Waals surface area contributed by atoms with Gasteiger partial charge in [-0.05, 0) is 25.8 Å². The summed E-state index contributed by atoms with van der Waals surface area (Å²) in [7, 11) is 3.31. The maximum atomic E-state index is 13.5. The SMILES string of the molecule is Cc1nc(Cn2c(=O)c3c(nc(N4CCC[C@@H](NC(=O)O)C4)n3C)n(C)c2=O)nc2ccccc12. The molecule has 0 radical (unpaired) electrons. The first-order valence-electron chi connectivity index (χ1n) is 11.4. The van der Waals surface area contributed by atoms with Gasteiger partial charge in [0.1, 0.15) is 5.82 Å². The van der Waals surface area contributed by atoms with Crippen LogP contribution in [0.1, 0.15) is 24.4 Å². The fraction of sp³-hybridized carbons (Fsp3) is 0.391. The maximum Gasteiger partial charge on any atom is 0.404 e. The van der Waals surface area contributed by atoms with Crippen LogP contribution in [-0.4, -0.2) is 59.0 Å². The molecule has 12 nitrogen and oxygen atoms in total. The van der Waals surface area contributed by atoms with Crippen LogP contribution in [0, 0.1) is 6.92 Å². The van der Waals surface area contributed by atoms with Crippen LogP contribution >= 0.6 is 0 Å². The van der Waals surface area contributed by atoms with Crippen molar-refractivity contribution in [1.82, 2.24) is 34.0 Å². The van der Waals surface area contributed by atoms with Crippen molar-refractivity contribution in [1.29, 1.82) is 0 Å². The zero-order chi connectivity index (χ0) is 24.9. The van der Waals surface area contributed by atoms with Gasteiger partial charge in [-0.3, -0.25) is 13.9 Å². The fourth-order valence-corrected chi connectivity index (χ4v) is 4.81. The third kappa shape index (κ3) is 3.90. The van der Waals surface area contributed by atoms with Crippen LogP contribution in [0.15, 0.2) is 33.9 Å². The van der Waals surface area contributed by atoms with E-state index in [1.807, 2.05) is 36.1 Å². The number of anilines is 1. The summed E-state index contributed by atoms with van der Waals surface area (Å²) in [6.07, 6.45) is 0.428. The van der Waals surface area contributed by atoms with E-state index in [0.29, 0.717) is 24.9 Å². The van der Waals surface area contributed by atoms with Crippen molar-refractivity contribution in [3.8, 4) is 0 Å². The van der Waals surface area contributed by atoms with Crippen LogP contribution in [0.25, 0.3) is 22.1 Å². The highest BCUT2D eigenvalue weighted by molar-refractivity contribution is 5.80. The number of aromatic nitrogens is 6. The van der Waals surface area contributed by atoms with Crippen molar-refractivity contribution < 1.29 is 9.90 Å². The Labute approximate surface area is 199 Å². The van der Waals surface area contributed by atoms with E-state index in [1.165, 1.54) is 4.57 Å². The van der Waals surface area contributed by atoms with E-state index in [4.69, 9.17) is 5.11 Å². The number of carbonyl (C=O) groups is 1. The van der Waals surface area contributed by atoms with Crippen molar-refractivity contribution in [2.75, 3.05) is 18.0 Å². The first kappa shape index (κ1) is 22.6. The number of imidazole rings is 1. The van der Waals surface area contributed by atoms with Gasteiger partial charge in [0.25, 0.3) is 5.56 Å². The van der Waals surface area contributed by atoms with Gasteiger partial charge in [0.05, 0.1) is 12.1 Å². The highest BCUT2D eigenvalue weighted by Gasteiger charge is 2.27. The Bertz CT molecular complexity index is 1580. The Kier molecular flexibility index (Phi) is 5.50. The number of piperidine rings is 1. The van der Waals surface area contributed by atoms with Gasteiger partial charge in [0.2, 0.25) is 5.95 Å². The molecule has 0 spiro atoms. The van der Waals surface area contributed by atoms with E-state index in [9.17, 15) is 14.4 Å². The lowest BCUT2D eigenvalue weighted by Crippen LogP contribution is -2.48. The van der Waals surface area contributed by atoms with Crippen molar-refractivity contribution in [2.24, 2.45) is 14.1 Å².